The summed E-state index contributed by atoms with van der Waals surface area (Å²) in [5, 5.41) is 12.1. The molecule has 2 N–H and O–H groups in total. The Bertz CT molecular complexity index is 309. The van der Waals surface area contributed by atoms with E-state index in [0.717, 1.165) is 38.8 Å². The number of amides is 1. The van der Waals surface area contributed by atoms with Crippen molar-refractivity contribution in [2.75, 3.05) is 26.2 Å². The predicted octanol–water partition coefficient (Wildman–Crippen LogP) is 0.699. The van der Waals surface area contributed by atoms with E-state index in [1.807, 2.05) is 0 Å². The zero-order valence-corrected chi connectivity index (χ0v) is 10.7. The maximum atomic E-state index is 12.2. The van der Waals surface area contributed by atoms with Crippen molar-refractivity contribution in [3.63, 3.8) is 0 Å². The van der Waals surface area contributed by atoms with Gasteiger partial charge in [0.05, 0.1) is 0 Å². The molecule has 1 aliphatic heterocycles. The molecule has 2 rings (SSSR count). The lowest BCUT2D eigenvalue weighted by molar-refractivity contribution is -0.145. The standard InChI is InChI=1S/C13H22N2O3/c16-12(7-10-3-5-14-6-4-10)15(9-13(17)18)8-11-1-2-11/h10-11,14H,1-9H2,(H,17,18). The highest BCUT2D eigenvalue weighted by molar-refractivity contribution is 5.81. The van der Waals surface area contributed by atoms with Gasteiger partial charge >= 0.3 is 5.97 Å². The molecule has 1 saturated heterocycles. The van der Waals surface area contributed by atoms with Gasteiger partial charge < -0.3 is 15.3 Å². The number of carboxylic acid groups (broad SMARTS) is 1. The van der Waals surface area contributed by atoms with Gasteiger partial charge in [0.15, 0.2) is 0 Å². The van der Waals surface area contributed by atoms with Crippen LogP contribution >= 0.6 is 0 Å². The van der Waals surface area contributed by atoms with E-state index in [2.05, 4.69) is 5.32 Å². The first-order chi connectivity index (χ1) is 8.65. The first-order valence-corrected chi connectivity index (χ1v) is 6.85. The van der Waals surface area contributed by atoms with E-state index in [1.54, 1.807) is 4.90 Å². The van der Waals surface area contributed by atoms with E-state index in [-0.39, 0.29) is 12.5 Å². The molecule has 1 saturated carbocycles. The topological polar surface area (TPSA) is 69.6 Å². The molecule has 0 aromatic carbocycles. The van der Waals surface area contributed by atoms with Crippen LogP contribution in [-0.2, 0) is 9.59 Å². The highest BCUT2D eigenvalue weighted by Gasteiger charge is 2.29. The molecular weight excluding hydrogens is 232 g/mol. The smallest absolute Gasteiger partial charge is 0.323 e. The zero-order chi connectivity index (χ0) is 13.0. The summed E-state index contributed by atoms with van der Waals surface area (Å²) < 4.78 is 0. The summed E-state index contributed by atoms with van der Waals surface area (Å²) in [5.41, 5.74) is 0. The van der Waals surface area contributed by atoms with E-state index in [4.69, 9.17) is 5.11 Å². The van der Waals surface area contributed by atoms with E-state index in [0.29, 0.717) is 24.8 Å². The van der Waals surface area contributed by atoms with Gasteiger partial charge in [-0.2, -0.15) is 0 Å². The Labute approximate surface area is 108 Å². The lowest BCUT2D eigenvalue weighted by Crippen LogP contribution is -2.39. The summed E-state index contributed by atoms with van der Waals surface area (Å²) in [6, 6.07) is 0. The van der Waals surface area contributed by atoms with Crippen molar-refractivity contribution in [2.24, 2.45) is 11.8 Å². The van der Waals surface area contributed by atoms with Crippen LogP contribution in [0.5, 0.6) is 0 Å². The number of nitrogens with one attached hydrogen (secondary N) is 1. The van der Waals surface area contributed by atoms with Gasteiger partial charge in [-0.3, -0.25) is 9.59 Å². The first kappa shape index (κ1) is 13.3. The maximum absolute atomic E-state index is 12.2. The van der Waals surface area contributed by atoms with Crippen LogP contribution in [-0.4, -0.2) is 48.1 Å². The van der Waals surface area contributed by atoms with Gasteiger partial charge in [0.1, 0.15) is 6.54 Å². The SMILES string of the molecule is O=C(O)CN(CC1CC1)C(=O)CC1CCNCC1. The van der Waals surface area contributed by atoms with E-state index in [1.165, 1.54) is 0 Å². The molecular formula is C13H22N2O3. The molecule has 0 aromatic rings. The average molecular weight is 254 g/mol. The largest absolute Gasteiger partial charge is 0.480 e. The molecule has 0 unspecified atom stereocenters. The quantitative estimate of drug-likeness (QED) is 0.732. The van der Waals surface area contributed by atoms with Crippen LogP contribution in [0.15, 0.2) is 0 Å². The van der Waals surface area contributed by atoms with Gasteiger partial charge in [-0.1, -0.05) is 0 Å². The molecule has 1 amide bonds. The van der Waals surface area contributed by atoms with Crippen LogP contribution < -0.4 is 5.32 Å². The number of hydrogen-bond acceptors (Lipinski definition) is 3. The molecule has 0 bridgehead atoms. The molecule has 5 heteroatoms. The number of hydrogen-bond donors (Lipinski definition) is 2. The molecule has 0 atom stereocenters. The van der Waals surface area contributed by atoms with Gasteiger partial charge in [0.25, 0.3) is 0 Å². The van der Waals surface area contributed by atoms with Gasteiger partial charge in [-0.25, -0.2) is 0 Å². The van der Waals surface area contributed by atoms with E-state index < -0.39 is 5.97 Å². The van der Waals surface area contributed by atoms with Crippen LogP contribution in [0.3, 0.4) is 0 Å². The van der Waals surface area contributed by atoms with Crippen molar-refractivity contribution < 1.29 is 14.7 Å². The Morgan fingerprint density at radius 1 is 1.11 bits per heavy atom. The minimum Gasteiger partial charge on any atom is -0.480 e. The van der Waals surface area contributed by atoms with Crippen molar-refractivity contribution in [1.29, 1.82) is 0 Å². The lowest BCUT2D eigenvalue weighted by Gasteiger charge is -2.26. The summed E-state index contributed by atoms with van der Waals surface area (Å²) >= 11 is 0. The fraction of sp³-hybridized carbons (Fsp3) is 0.846. The Hall–Kier alpha value is -1.10. The molecule has 0 aromatic heterocycles. The van der Waals surface area contributed by atoms with Gasteiger partial charge in [-0.15, -0.1) is 0 Å². The number of aliphatic carboxylic acids is 1. The van der Waals surface area contributed by atoms with E-state index in [9.17, 15) is 9.59 Å². The van der Waals surface area contributed by atoms with Crippen molar-refractivity contribution in [3.05, 3.63) is 0 Å². The second-order valence-corrected chi connectivity index (χ2v) is 5.51. The molecule has 18 heavy (non-hydrogen) atoms. The second-order valence-electron chi connectivity index (χ2n) is 5.51. The number of nitrogens with zero attached hydrogens (tertiary/aromatic N) is 1. The summed E-state index contributed by atoms with van der Waals surface area (Å²) in [6.07, 6.45) is 4.83. The van der Waals surface area contributed by atoms with Gasteiger partial charge in [-0.05, 0) is 50.6 Å². The molecule has 1 heterocycles. The van der Waals surface area contributed by atoms with Crippen LogP contribution in [0.2, 0.25) is 0 Å². The number of carbonyl (C=O) groups excluding carboxylic acids is 1. The lowest BCUT2D eigenvalue weighted by atomic mass is 9.94. The normalized spacial score (nSPS) is 20.7. The Morgan fingerprint density at radius 3 is 2.33 bits per heavy atom. The van der Waals surface area contributed by atoms with Crippen LogP contribution in [0, 0.1) is 11.8 Å². The van der Waals surface area contributed by atoms with Crippen LogP contribution in [0.25, 0.3) is 0 Å². The fourth-order valence-corrected chi connectivity index (χ4v) is 2.49. The maximum Gasteiger partial charge on any atom is 0.323 e. The minimum absolute atomic E-state index is 0.0243. The number of rotatable bonds is 6. The van der Waals surface area contributed by atoms with Crippen molar-refractivity contribution in [3.8, 4) is 0 Å². The molecule has 0 radical (unpaired) electrons. The summed E-state index contributed by atoms with van der Waals surface area (Å²) in [6.45, 7) is 2.44. The first-order valence-electron chi connectivity index (χ1n) is 6.85. The van der Waals surface area contributed by atoms with Gasteiger partial charge in [0.2, 0.25) is 5.91 Å². The third kappa shape index (κ3) is 4.29. The average Bonchev–Trinajstić information content (AvgIpc) is 3.13. The van der Waals surface area contributed by atoms with E-state index >= 15 is 0 Å². The number of carboxylic acids is 1. The summed E-state index contributed by atoms with van der Waals surface area (Å²) in [4.78, 5) is 24.5. The summed E-state index contributed by atoms with van der Waals surface area (Å²) in [5.74, 6) is 0.0843. The highest BCUT2D eigenvalue weighted by atomic mass is 16.4. The van der Waals surface area contributed by atoms with Crippen LogP contribution in [0.4, 0.5) is 0 Å². The Morgan fingerprint density at radius 2 is 1.78 bits per heavy atom. The number of piperidine rings is 1. The third-order valence-corrected chi connectivity index (χ3v) is 3.78. The molecule has 102 valence electrons. The Kier molecular flexibility index (Phi) is 4.58. The molecule has 5 nitrogen and oxygen atoms in total. The molecule has 0 spiro atoms. The third-order valence-electron chi connectivity index (χ3n) is 3.78. The monoisotopic (exact) mass is 254 g/mol. The Balaban J connectivity index is 1.82. The zero-order valence-electron chi connectivity index (χ0n) is 10.7. The van der Waals surface area contributed by atoms with Crippen molar-refractivity contribution in [1.82, 2.24) is 10.2 Å². The fourth-order valence-electron chi connectivity index (χ4n) is 2.49. The molecule has 1 aliphatic carbocycles. The van der Waals surface area contributed by atoms with Crippen molar-refractivity contribution >= 4 is 11.9 Å². The molecule has 2 aliphatic rings. The molecule has 2 fully saturated rings. The second kappa shape index (κ2) is 6.18. The predicted molar refractivity (Wildman–Crippen MR) is 67.2 cm³/mol. The highest BCUT2D eigenvalue weighted by Crippen LogP contribution is 2.30. The number of carbonyl (C=O) groups is 2. The van der Waals surface area contributed by atoms with Crippen LogP contribution in [0.1, 0.15) is 32.1 Å². The van der Waals surface area contributed by atoms with Gasteiger partial charge in [0, 0.05) is 13.0 Å². The van der Waals surface area contributed by atoms with Crippen molar-refractivity contribution in [2.45, 2.75) is 32.1 Å². The minimum atomic E-state index is -0.908. The summed E-state index contributed by atoms with van der Waals surface area (Å²) in [7, 11) is 0.